The molecule has 0 aliphatic carbocycles. The molecule has 7 heteroatoms. The predicted octanol–water partition coefficient (Wildman–Crippen LogP) is 2.62. The minimum Gasteiger partial charge on any atom is -0.464 e. The van der Waals surface area contributed by atoms with Crippen LogP contribution >= 0.6 is 0 Å². The number of carbonyl (C=O) groups excluding carboxylic acids is 1. The second-order valence-corrected chi connectivity index (χ2v) is 8.98. The number of rotatable bonds is 3. The summed E-state index contributed by atoms with van der Waals surface area (Å²) in [7, 11) is -3.22. The van der Waals surface area contributed by atoms with Crippen molar-refractivity contribution in [2.75, 3.05) is 32.4 Å². The Bertz CT molecular complexity index is 1100. The van der Waals surface area contributed by atoms with E-state index in [-0.39, 0.29) is 12.3 Å². The number of nitrogens with zero attached hydrogens (tertiary/aromatic N) is 2. The molecule has 0 unspecified atom stereocenters. The summed E-state index contributed by atoms with van der Waals surface area (Å²) in [5, 5.41) is 3.17. The van der Waals surface area contributed by atoms with Gasteiger partial charge in [-0.25, -0.2) is 12.7 Å². The number of carbonyl (C=O) groups is 1. The maximum absolute atomic E-state index is 12.9. The molecular weight excluding hydrogens is 364 g/mol. The van der Waals surface area contributed by atoms with Crippen LogP contribution in [0.2, 0.25) is 0 Å². The van der Waals surface area contributed by atoms with Gasteiger partial charge in [-0.1, -0.05) is 30.3 Å². The van der Waals surface area contributed by atoms with E-state index in [9.17, 15) is 13.2 Å². The molecule has 142 valence electrons. The van der Waals surface area contributed by atoms with Crippen molar-refractivity contribution in [3.63, 3.8) is 0 Å². The lowest BCUT2D eigenvalue weighted by Crippen LogP contribution is -2.37. The number of fused-ring (bicyclic) bond motifs is 3. The van der Waals surface area contributed by atoms with Crippen LogP contribution in [0.25, 0.3) is 21.7 Å². The fourth-order valence-corrected chi connectivity index (χ4v) is 4.63. The number of hydrogen-bond donors (Lipinski definition) is 0. The van der Waals surface area contributed by atoms with Crippen molar-refractivity contribution >= 4 is 37.7 Å². The molecule has 0 spiro atoms. The van der Waals surface area contributed by atoms with Crippen LogP contribution in [-0.2, 0) is 21.2 Å². The number of amides is 1. The predicted molar refractivity (Wildman–Crippen MR) is 105 cm³/mol. The van der Waals surface area contributed by atoms with Crippen LogP contribution < -0.4 is 0 Å². The Morgan fingerprint density at radius 2 is 1.89 bits per heavy atom. The molecule has 27 heavy (non-hydrogen) atoms. The first-order valence-corrected chi connectivity index (χ1v) is 10.9. The van der Waals surface area contributed by atoms with Crippen molar-refractivity contribution in [1.29, 1.82) is 0 Å². The van der Waals surface area contributed by atoms with E-state index >= 15 is 0 Å². The van der Waals surface area contributed by atoms with E-state index < -0.39 is 10.0 Å². The first-order valence-electron chi connectivity index (χ1n) is 9.04. The molecule has 0 bridgehead atoms. The van der Waals surface area contributed by atoms with Gasteiger partial charge in [0.1, 0.15) is 5.58 Å². The van der Waals surface area contributed by atoms with E-state index in [0.717, 1.165) is 27.3 Å². The minimum absolute atomic E-state index is 0.000912. The molecule has 1 aromatic heterocycles. The highest BCUT2D eigenvalue weighted by atomic mass is 32.2. The lowest BCUT2D eigenvalue weighted by Gasteiger charge is -2.21. The summed E-state index contributed by atoms with van der Waals surface area (Å²) < 4.78 is 30.6. The Kier molecular flexibility index (Phi) is 4.65. The van der Waals surface area contributed by atoms with E-state index in [1.165, 1.54) is 10.6 Å². The molecule has 0 N–H and O–H groups in total. The van der Waals surface area contributed by atoms with Crippen LogP contribution in [0.15, 0.2) is 47.1 Å². The smallest absolute Gasteiger partial charge is 0.227 e. The highest BCUT2D eigenvalue weighted by molar-refractivity contribution is 7.88. The molecule has 1 fully saturated rings. The van der Waals surface area contributed by atoms with Crippen molar-refractivity contribution in [3.05, 3.63) is 48.2 Å². The number of hydrogen-bond acceptors (Lipinski definition) is 4. The maximum Gasteiger partial charge on any atom is 0.227 e. The van der Waals surface area contributed by atoms with Gasteiger partial charge in [-0.2, -0.15) is 0 Å². The van der Waals surface area contributed by atoms with Crippen LogP contribution in [-0.4, -0.2) is 56.0 Å². The molecule has 3 aromatic rings. The largest absolute Gasteiger partial charge is 0.464 e. The van der Waals surface area contributed by atoms with Crippen molar-refractivity contribution < 1.29 is 17.6 Å². The zero-order valence-electron chi connectivity index (χ0n) is 15.2. The zero-order valence-corrected chi connectivity index (χ0v) is 16.0. The van der Waals surface area contributed by atoms with E-state index in [1.54, 1.807) is 11.2 Å². The second kappa shape index (κ2) is 6.98. The standard InChI is InChI=1S/C20H22N2O4S/c1-27(24,25)22-10-4-9-21(11-12-22)19(23)13-16-14-26-18-8-7-15-5-2-3-6-17(15)20(16)18/h2-3,5-8,14H,4,9-13H2,1H3. The van der Waals surface area contributed by atoms with Gasteiger partial charge in [-0.15, -0.1) is 0 Å². The molecule has 6 nitrogen and oxygen atoms in total. The summed E-state index contributed by atoms with van der Waals surface area (Å²) in [6.45, 7) is 1.80. The van der Waals surface area contributed by atoms with Gasteiger partial charge < -0.3 is 9.32 Å². The summed E-state index contributed by atoms with van der Waals surface area (Å²) in [6.07, 6.45) is 3.77. The summed E-state index contributed by atoms with van der Waals surface area (Å²) in [4.78, 5) is 14.6. The maximum atomic E-state index is 12.9. The number of benzene rings is 2. The zero-order chi connectivity index (χ0) is 19.0. The van der Waals surface area contributed by atoms with Crippen LogP contribution in [0.1, 0.15) is 12.0 Å². The fourth-order valence-electron chi connectivity index (χ4n) is 3.75. The summed E-state index contributed by atoms with van der Waals surface area (Å²) in [5.74, 6) is 0.000912. The Balaban J connectivity index is 1.57. The van der Waals surface area contributed by atoms with Crippen LogP contribution in [0.3, 0.4) is 0 Å². The summed E-state index contributed by atoms with van der Waals surface area (Å²) in [6, 6.07) is 12.0. The van der Waals surface area contributed by atoms with Crippen molar-refractivity contribution in [2.24, 2.45) is 0 Å². The van der Waals surface area contributed by atoms with E-state index in [4.69, 9.17) is 4.42 Å². The highest BCUT2D eigenvalue weighted by Crippen LogP contribution is 2.30. The van der Waals surface area contributed by atoms with Gasteiger partial charge in [0.05, 0.1) is 18.9 Å². The average Bonchev–Trinajstić information content (AvgIpc) is 2.88. The first kappa shape index (κ1) is 18.0. The third kappa shape index (κ3) is 3.57. The molecule has 0 atom stereocenters. The fraction of sp³-hybridized carbons (Fsp3) is 0.350. The number of furan rings is 1. The van der Waals surface area contributed by atoms with E-state index in [2.05, 4.69) is 0 Å². The Hall–Kier alpha value is -2.38. The highest BCUT2D eigenvalue weighted by Gasteiger charge is 2.24. The quantitative estimate of drug-likeness (QED) is 0.694. The van der Waals surface area contributed by atoms with Crippen molar-refractivity contribution in [2.45, 2.75) is 12.8 Å². The van der Waals surface area contributed by atoms with Gasteiger partial charge in [0.2, 0.25) is 15.9 Å². The van der Waals surface area contributed by atoms with Gasteiger partial charge in [0.25, 0.3) is 0 Å². The number of sulfonamides is 1. The van der Waals surface area contributed by atoms with Gasteiger partial charge in [0.15, 0.2) is 0 Å². The van der Waals surface area contributed by atoms with Gasteiger partial charge in [-0.3, -0.25) is 4.79 Å². The molecular formula is C20H22N2O4S. The lowest BCUT2D eigenvalue weighted by atomic mass is 10.0. The molecule has 1 amide bonds. The lowest BCUT2D eigenvalue weighted by molar-refractivity contribution is -0.130. The average molecular weight is 386 g/mol. The molecule has 1 saturated heterocycles. The molecule has 0 radical (unpaired) electrons. The molecule has 2 heterocycles. The molecule has 1 aliphatic heterocycles. The first-order chi connectivity index (χ1) is 12.9. The van der Waals surface area contributed by atoms with Crippen LogP contribution in [0.5, 0.6) is 0 Å². The molecule has 4 rings (SSSR count). The molecule has 2 aromatic carbocycles. The van der Waals surface area contributed by atoms with Crippen LogP contribution in [0, 0.1) is 0 Å². The van der Waals surface area contributed by atoms with Gasteiger partial charge in [0, 0.05) is 37.1 Å². The second-order valence-electron chi connectivity index (χ2n) is 6.99. The van der Waals surface area contributed by atoms with Crippen molar-refractivity contribution in [1.82, 2.24) is 9.21 Å². The third-order valence-corrected chi connectivity index (χ3v) is 6.46. The van der Waals surface area contributed by atoms with Gasteiger partial charge >= 0.3 is 0 Å². The molecule has 1 aliphatic rings. The Morgan fingerprint density at radius 3 is 2.70 bits per heavy atom. The monoisotopic (exact) mass is 386 g/mol. The Morgan fingerprint density at radius 1 is 1.07 bits per heavy atom. The van der Waals surface area contributed by atoms with E-state index in [0.29, 0.717) is 32.6 Å². The van der Waals surface area contributed by atoms with Gasteiger partial charge in [-0.05, 0) is 23.3 Å². The Labute approximate surface area is 158 Å². The third-order valence-electron chi connectivity index (χ3n) is 5.16. The normalized spacial score (nSPS) is 16.7. The minimum atomic E-state index is -3.22. The SMILES string of the molecule is CS(=O)(=O)N1CCCN(C(=O)Cc2coc3ccc4ccccc4c23)CC1. The van der Waals surface area contributed by atoms with Crippen LogP contribution in [0.4, 0.5) is 0 Å². The topological polar surface area (TPSA) is 70.8 Å². The summed E-state index contributed by atoms with van der Waals surface area (Å²) in [5.41, 5.74) is 1.65. The summed E-state index contributed by atoms with van der Waals surface area (Å²) >= 11 is 0. The van der Waals surface area contributed by atoms with E-state index in [1.807, 2.05) is 36.4 Å². The molecule has 0 saturated carbocycles. The van der Waals surface area contributed by atoms with Crippen molar-refractivity contribution in [3.8, 4) is 0 Å².